The molecule has 1 unspecified atom stereocenters. The van der Waals surface area contributed by atoms with Crippen LogP contribution in [0.15, 0.2) is 48.7 Å². The Labute approximate surface area is 166 Å². The summed E-state index contributed by atoms with van der Waals surface area (Å²) in [6.45, 7) is 5.06. The number of amides is 1. The highest BCUT2D eigenvalue weighted by molar-refractivity contribution is 5.84. The lowest BCUT2D eigenvalue weighted by Gasteiger charge is -2.20. The number of nitrogens with one attached hydrogen (secondary N) is 2. The second-order valence-corrected chi connectivity index (χ2v) is 6.74. The first-order chi connectivity index (χ1) is 13.7. The Morgan fingerprint density at radius 3 is 2.71 bits per heavy atom. The topological polar surface area (TPSA) is 63.4 Å². The van der Waals surface area contributed by atoms with Crippen LogP contribution in [0.3, 0.4) is 0 Å². The van der Waals surface area contributed by atoms with E-state index in [1.165, 1.54) is 0 Å². The summed E-state index contributed by atoms with van der Waals surface area (Å²) in [5, 5.41) is 4.24. The maximum absolute atomic E-state index is 12.1. The molecule has 5 heteroatoms. The molecule has 3 rings (SSSR count). The summed E-state index contributed by atoms with van der Waals surface area (Å²) in [5.41, 5.74) is 3.31. The molecule has 1 atom stereocenters. The van der Waals surface area contributed by atoms with E-state index in [2.05, 4.69) is 22.4 Å². The van der Waals surface area contributed by atoms with Gasteiger partial charge in [0.05, 0.1) is 13.7 Å². The highest BCUT2D eigenvalue weighted by Crippen LogP contribution is 2.35. The minimum Gasteiger partial charge on any atom is -0.493 e. The molecule has 28 heavy (non-hydrogen) atoms. The highest BCUT2D eigenvalue weighted by atomic mass is 16.5. The summed E-state index contributed by atoms with van der Waals surface area (Å²) >= 11 is 0. The van der Waals surface area contributed by atoms with Crippen molar-refractivity contribution in [1.82, 2.24) is 10.3 Å². The van der Waals surface area contributed by atoms with Gasteiger partial charge in [-0.3, -0.25) is 4.79 Å². The maximum Gasteiger partial charge on any atom is 0.220 e. The van der Waals surface area contributed by atoms with Crippen LogP contribution in [0.25, 0.3) is 10.9 Å². The first-order valence-electron chi connectivity index (χ1n) is 9.81. The van der Waals surface area contributed by atoms with Gasteiger partial charge in [-0.1, -0.05) is 31.2 Å². The third kappa shape index (κ3) is 4.30. The monoisotopic (exact) mass is 380 g/mol. The predicted molar refractivity (Wildman–Crippen MR) is 112 cm³/mol. The standard InChI is InChI=1S/C23H28N2O3/c1-4-8-23(26)25-14-18(19-15-24-20-10-7-6-9-17(19)20)16-11-12-21(28-5-2)22(13-16)27-3/h6-7,9-13,15,18,24H,4-5,8,14H2,1-3H3,(H,25,26). The second-order valence-electron chi connectivity index (χ2n) is 6.74. The zero-order valence-electron chi connectivity index (χ0n) is 16.7. The zero-order valence-corrected chi connectivity index (χ0v) is 16.7. The molecule has 0 bridgehead atoms. The molecule has 1 aromatic heterocycles. The molecule has 1 heterocycles. The first kappa shape index (κ1) is 19.8. The van der Waals surface area contributed by atoms with E-state index < -0.39 is 0 Å². The van der Waals surface area contributed by atoms with Crippen LogP contribution in [-0.4, -0.2) is 31.2 Å². The Morgan fingerprint density at radius 2 is 1.96 bits per heavy atom. The van der Waals surface area contributed by atoms with Crippen molar-refractivity contribution in [3.63, 3.8) is 0 Å². The summed E-state index contributed by atoms with van der Waals surface area (Å²) in [4.78, 5) is 15.5. The molecule has 1 amide bonds. The fourth-order valence-electron chi connectivity index (χ4n) is 3.50. The number of ether oxygens (including phenoxy) is 2. The van der Waals surface area contributed by atoms with E-state index in [-0.39, 0.29) is 11.8 Å². The normalized spacial score (nSPS) is 12.0. The van der Waals surface area contributed by atoms with E-state index in [1.54, 1.807) is 7.11 Å². The van der Waals surface area contributed by atoms with E-state index in [9.17, 15) is 4.79 Å². The van der Waals surface area contributed by atoms with Crippen LogP contribution in [0.4, 0.5) is 0 Å². The number of methoxy groups -OCH3 is 1. The van der Waals surface area contributed by atoms with Gasteiger partial charge in [0.1, 0.15) is 0 Å². The molecule has 3 aromatic rings. The van der Waals surface area contributed by atoms with Gasteiger partial charge in [0.15, 0.2) is 11.5 Å². The summed E-state index contributed by atoms with van der Waals surface area (Å²) in [6, 6.07) is 14.2. The van der Waals surface area contributed by atoms with Gasteiger partial charge < -0.3 is 19.8 Å². The zero-order chi connectivity index (χ0) is 19.9. The average molecular weight is 380 g/mol. The predicted octanol–water partition coefficient (Wildman–Crippen LogP) is 4.62. The lowest BCUT2D eigenvalue weighted by Crippen LogP contribution is -2.28. The summed E-state index contributed by atoms with van der Waals surface area (Å²) in [5.74, 6) is 1.50. The number of rotatable bonds is 9. The fraction of sp³-hybridized carbons (Fsp3) is 0.348. The van der Waals surface area contributed by atoms with Crippen molar-refractivity contribution in [2.45, 2.75) is 32.6 Å². The maximum atomic E-state index is 12.1. The van der Waals surface area contributed by atoms with Gasteiger partial charge in [-0.25, -0.2) is 0 Å². The minimum atomic E-state index is 0.00142. The number of para-hydroxylation sites is 1. The van der Waals surface area contributed by atoms with Gasteiger partial charge >= 0.3 is 0 Å². The van der Waals surface area contributed by atoms with Gasteiger partial charge in [-0.2, -0.15) is 0 Å². The molecule has 0 saturated carbocycles. The van der Waals surface area contributed by atoms with Crippen molar-refractivity contribution in [1.29, 1.82) is 0 Å². The van der Waals surface area contributed by atoms with Crippen molar-refractivity contribution in [2.24, 2.45) is 0 Å². The molecule has 2 N–H and O–H groups in total. The van der Waals surface area contributed by atoms with Gasteiger partial charge in [-0.05, 0) is 42.7 Å². The van der Waals surface area contributed by atoms with Gasteiger partial charge in [0.25, 0.3) is 0 Å². The van der Waals surface area contributed by atoms with Crippen LogP contribution >= 0.6 is 0 Å². The molecule has 0 aliphatic heterocycles. The number of aromatic nitrogens is 1. The van der Waals surface area contributed by atoms with Crippen molar-refractivity contribution >= 4 is 16.8 Å². The fourth-order valence-corrected chi connectivity index (χ4v) is 3.50. The molecule has 148 valence electrons. The first-order valence-corrected chi connectivity index (χ1v) is 9.81. The number of aromatic amines is 1. The molecule has 2 aromatic carbocycles. The molecule has 0 radical (unpaired) electrons. The molecular weight excluding hydrogens is 352 g/mol. The molecule has 5 nitrogen and oxygen atoms in total. The van der Waals surface area contributed by atoms with Gasteiger partial charge in [0, 0.05) is 36.0 Å². The van der Waals surface area contributed by atoms with Crippen molar-refractivity contribution in [3.05, 3.63) is 59.8 Å². The van der Waals surface area contributed by atoms with Crippen molar-refractivity contribution < 1.29 is 14.3 Å². The smallest absolute Gasteiger partial charge is 0.220 e. The summed E-state index contributed by atoms with van der Waals surface area (Å²) in [6.07, 6.45) is 3.40. The summed E-state index contributed by atoms with van der Waals surface area (Å²) in [7, 11) is 1.64. The van der Waals surface area contributed by atoms with Gasteiger partial charge in [0.2, 0.25) is 5.91 Å². The quantitative estimate of drug-likeness (QED) is 0.569. The minimum absolute atomic E-state index is 0.00142. The van der Waals surface area contributed by atoms with Crippen molar-refractivity contribution in [3.8, 4) is 11.5 Å². The number of benzene rings is 2. The Kier molecular flexibility index (Phi) is 6.58. The van der Waals surface area contributed by atoms with E-state index in [4.69, 9.17) is 9.47 Å². The number of carbonyl (C=O) groups excluding carboxylic acids is 1. The van der Waals surface area contributed by atoms with Crippen LogP contribution in [-0.2, 0) is 4.79 Å². The number of hydrogen-bond acceptors (Lipinski definition) is 3. The van der Waals surface area contributed by atoms with E-state index >= 15 is 0 Å². The molecule has 0 fully saturated rings. The lowest BCUT2D eigenvalue weighted by molar-refractivity contribution is -0.121. The second kappa shape index (κ2) is 9.31. The lowest BCUT2D eigenvalue weighted by atomic mass is 9.90. The molecule has 0 spiro atoms. The third-order valence-corrected chi connectivity index (χ3v) is 4.87. The van der Waals surface area contributed by atoms with E-state index in [1.807, 2.05) is 50.4 Å². The number of carbonyl (C=O) groups is 1. The number of hydrogen-bond donors (Lipinski definition) is 2. The Balaban J connectivity index is 1.99. The molecular formula is C23H28N2O3. The Morgan fingerprint density at radius 1 is 1.14 bits per heavy atom. The van der Waals surface area contributed by atoms with Crippen LogP contribution in [0.5, 0.6) is 11.5 Å². The Hall–Kier alpha value is -2.95. The Bertz CT molecular complexity index is 932. The molecule has 0 aliphatic rings. The van der Waals surface area contributed by atoms with Crippen LogP contribution in [0, 0.1) is 0 Å². The molecule has 0 aliphatic carbocycles. The van der Waals surface area contributed by atoms with Crippen LogP contribution in [0.1, 0.15) is 43.7 Å². The largest absolute Gasteiger partial charge is 0.493 e. The highest BCUT2D eigenvalue weighted by Gasteiger charge is 2.20. The SMILES string of the molecule is CCCC(=O)NCC(c1ccc(OCC)c(OC)c1)c1c[nH]c2ccccc12. The number of H-pyrrole nitrogens is 1. The third-order valence-electron chi connectivity index (χ3n) is 4.87. The van der Waals surface area contributed by atoms with Crippen molar-refractivity contribution in [2.75, 3.05) is 20.3 Å². The van der Waals surface area contributed by atoms with Gasteiger partial charge in [-0.15, -0.1) is 0 Å². The van der Waals surface area contributed by atoms with E-state index in [0.717, 1.165) is 34.2 Å². The summed E-state index contributed by atoms with van der Waals surface area (Å²) < 4.78 is 11.2. The average Bonchev–Trinajstić information content (AvgIpc) is 3.13. The number of fused-ring (bicyclic) bond motifs is 1. The van der Waals surface area contributed by atoms with Crippen LogP contribution < -0.4 is 14.8 Å². The van der Waals surface area contributed by atoms with Crippen LogP contribution in [0.2, 0.25) is 0 Å². The molecule has 0 saturated heterocycles. The van der Waals surface area contributed by atoms with E-state index in [0.29, 0.717) is 25.3 Å².